The van der Waals surface area contributed by atoms with Crippen LogP contribution in [0.15, 0.2) is 36.4 Å². The van der Waals surface area contributed by atoms with Gasteiger partial charge in [0.2, 0.25) is 0 Å². The molecule has 2 rings (SSSR count). The molecule has 2 aromatic rings. The number of sulfone groups is 1. The van der Waals surface area contributed by atoms with Crippen LogP contribution in [0.25, 0.3) is 11.3 Å². The third kappa shape index (κ3) is 4.82. The van der Waals surface area contributed by atoms with Crippen LogP contribution >= 0.6 is 0 Å². The molecule has 21 heavy (non-hydrogen) atoms. The fourth-order valence-electron chi connectivity index (χ4n) is 1.90. The van der Waals surface area contributed by atoms with E-state index in [1.54, 1.807) is 0 Å². The number of nitrogens with zero attached hydrogens (tertiary/aromatic N) is 2. The van der Waals surface area contributed by atoms with Crippen molar-refractivity contribution in [2.45, 2.75) is 19.1 Å². The Morgan fingerprint density at radius 3 is 2.48 bits per heavy atom. The zero-order valence-electron chi connectivity index (χ0n) is 12.2. The van der Waals surface area contributed by atoms with E-state index in [2.05, 4.69) is 22.2 Å². The maximum atomic E-state index is 11.5. The van der Waals surface area contributed by atoms with E-state index in [1.807, 2.05) is 36.4 Å². The molecule has 6 heteroatoms. The van der Waals surface area contributed by atoms with Gasteiger partial charge in [-0.2, -0.15) is 0 Å². The molecule has 112 valence electrons. The Labute approximate surface area is 125 Å². The SMILES string of the molecule is CCCNc1cc(-c2ccccc2)nc(CS(C)(=O)=O)n1. The molecule has 0 spiro atoms. The van der Waals surface area contributed by atoms with E-state index in [9.17, 15) is 8.42 Å². The first-order valence-corrected chi connectivity index (χ1v) is 8.89. The lowest BCUT2D eigenvalue weighted by molar-refractivity contribution is 0.599. The van der Waals surface area contributed by atoms with Crippen molar-refractivity contribution in [1.82, 2.24) is 9.97 Å². The first-order valence-electron chi connectivity index (χ1n) is 6.83. The fraction of sp³-hybridized carbons (Fsp3) is 0.333. The highest BCUT2D eigenvalue weighted by molar-refractivity contribution is 7.89. The minimum Gasteiger partial charge on any atom is -0.370 e. The Kier molecular flexibility index (Phi) is 4.90. The minimum absolute atomic E-state index is 0.158. The van der Waals surface area contributed by atoms with Crippen molar-refractivity contribution in [3.8, 4) is 11.3 Å². The molecule has 0 bridgehead atoms. The van der Waals surface area contributed by atoms with E-state index in [4.69, 9.17) is 0 Å². The summed E-state index contributed by atoms with van der Waals surface area (Å²) in [6, 6.07) is 11.5. The number of aromatic nitrogens is 2. The Morgan fingerprint density at radius 2 is 1.86 bits per heavy atom. The third-order valence-electron chi connectivity index (χ3n) is 2.79. The molecule has 0 atom stereocenters. The molecule has 0 saturated carbocycles. The van der Waals surface area contributed by atoms with Crippen molar-refractivity contribution in [3.63, 3.8) is 0 Å². The van der Waals surface area contributed by atoms with Crippen LogP contribution in [-0.2, 0) is 15.6 Å². The van der Waals surface area contributed by atoms with E-state index >= 15 is 0 Å². The molecule has 5 nitrogen and oxygen atoms in total. The predicted molar refractivity (Wildman–Crippen MR) is 84.8 cm³/mol. The van der Waals surface area contributed by atoms with Gasteiger partial charge in [-0.3, -0.25) is 0 Å². The number of anilines is 1. The molecule has 0 aliphatic carbocycles. The van der Waals surface area contributed by atoms with Gasteiger partial charge < -0.3 is 5.32 Å². The second-order valence-corrected chi connectivity index (χ2v) is 7.06. The van der Waals surface area contributed by atoms with Crippen LogP contribution in [0.5, 0.6) is 0 Å². The lowest BCUT2D eigenvalue weighted by Crippen LogP contribution is -2.09. The average molecular weight is 305 g/mol. The molecule has 1 aromatic heterocycles. The lowest BCUT2D eigenvalue weighted by Gasteiger charge is -2.09. The summed E-state index contributed by atoms with van der Waals surface area (Å²) < 4.78 is 22.9. The summed E-state index contributed by atoms with van der Waals surface area (Å²) in [4.78, 5) is 8.65. The van der Waals surface area contributed by atoms with Crippen LogP contribution < -0.4 is 5.32 Å². The molecule has 1 N–H and O–H groups in total. The van der Waals surface area contributed by atoms with Crippen LogP contribution in [0, 0.1) is 0 Å². The average Bonchev–Trinajstić information content (AvgIpc) is 2.44. The van der Waals surface area contributed by atoms with Gasteiger partial charge in [-0.25, -0.2) is 18.4 Å². The van der Waals surface area contributed by atoms with E-state index < -0.39 is 9.84 Å². The molecule has 0 aliphatic rings. The molecule has 1 aromatic carbocycles. The third-order valence-corrected chi connectivity index (χ3v) is 3.57. The van der Waals surface area contributed by atoms with E-state index in [0.717, 1.165) is 24.2 Å². The van der Waals surface area contributed by atoms with Crippen molar-refractivity contribution >= 4 is 15.7 Å². The molecular formula is C15H19N3O2S. The van der Waals surface area contributed by atoms with Gasteiger partial charge in [-0.05, 0) is 6.42 Å². The van der Waals surface area contributed by atoms with Gasteiger partial charge in [-0.1, -0.05) is 37.3 Å². The summed E-state index contributed by atoms with van der Waals surface area (Å²) >= 11 is 0. The van der Waals surface area contributed by atoms with Gasteiger partial charge in [0, 0.05) is 24.4 Å². The van der Waals surface area contributed by atoms with Crippen molar-refractivity contribution in [2.24, 2.45) is 0 Å². The monoisotopic (exact) mass is 305 g/mol. The summed E-state index contributed by atoms with van der Waals surface area (Å²) in [6.07, 6.45) is 2.15. The number of benzene rings is 1. The lowest BCUT2D eigenvalue weighted by atomic mass is 10.1. The van der Waals surface area contributed by atoms with Gasteiger partial charge in [0.15, 0.2) is 9.84 Å². The minimum atomic E-state index is -3.17. The van der Waals surface area contributed by atoms with E-state index in [1.165, 1.54) is 6.26 Å². The molecule has 0 aliphatic heterocycles. The summed E-state index contributed by atoms with van der Waals surface area (Å²) in [5.74, 6) is 0.816. The largest absolute Gasteiger partial charge is 0.370 e. The van der Waals surface area contributed by atoms with Crippen molar-refractivity contribution in [3.05, 3.63) is 42.2 Å². The molecular weight excluding hydrogens is 286 g/mol. The van der Waals surface area contributed by atoms with E-state index in [-0.39, 0.29) is 5.75 Å². The zero-order valence-corrected chi connectivity index (χ0v) is 13.0. The Hall–Kier alpha value is -1.95. The summed E-state index contributed by atoms with van der Waals surface area (Å²) in [6.45, 7) is 2.84. The van der Waals surface area contributed by atoms with Crippen LogP contribution in [0.4, 0.5) is 5.82 Å². The highest BCUT2D eigenvalue weighted by Crippen LogP contribution is 2.20. The highest BCUT2D eigenvalue weighted by atomic mass is 32.2. The molecule has 0 amide bonds. The van der Waals surface area contributed by atoms with Crippen LogP contribution in [0.2, 0.25) is 0 Å². The standard InChI is InChI=1S/C15H19N3O2S/c1-3-9-16-14-10-13(12-7-5-4-6-8-12)17-15(18-14)11-21(2,19)20/h4-8,10H,3,9,11H2,1-2H3,(H,16,17,18). The second-order valence-electron chi connectivity index (χ2n) is 4.92. The second kappa shape index (κ2) is 6.67. The molecule has 0 saturated heterocycles. The quantitative estimate of drug-likeness (QED) is 0.888. The number of rotatable bonds is 6. The van der Waals surface area contributed by atoms with Gasteiger partial charge in [0.05, 0.1) is 5.69 Å². The number of nitrogens with one attached hydrogen (secondary N) is 1. The van der Waals surface area contributed by atoms with E-state index in [0.29, 0.717) is 11.6 Å². The number of hydrogen-bond donors (Lipinski definition) is 1. The molecule has 1 heterocycles. The Bertz CT molecular complexity index is 700. The molecule has 0 fully saturated rings. The summed E-state index contributed by atoms with van der Waals surface area (Å²) in [7, 11) is -3.17. The fourth-order valence-corrected chi connectivity index (χ4v) is 2.49. The normalized spacial score (nSPS) is 11.3. The predicted octanol–water partition coefficient (Wildman–Crippen LogP) is 2.51. The van der Waals surface area contributed by atoms with Crippen molar-refractivity contribution in [2.75, 3.05) is 18.1 Å². The van der Waals surface area contributed by atoms with Gasteiger partial charge in [0.25, 0.3) is 0 Å². The Morgan fingerprint density at radius 1 is 1.14 bits per heavy atom. The number of hydrogen-bond acceptors (Lipinski definition) is 5. The summed E-state index contributed by atoms with van der Waals surface area (Å²) in [5, 5.41) is 3.18. The molecule has 0 radical (unpaired) electrons. The first kappa shape index (κ1) is 15.4. The van der Waals surface area contributed by atoms with Crippen LogP contribution in [0.3, 0.4) is 0 Å². The smallest absolute Gasteiger partial charge is 0.154 e. The first-order chi connectivity index (χ1) is 9.98. The topological polar surface area (TPSA) is 72.0 Å². The summed E-state index contributed by atoms with van der Waals surface area (Å²) in [5.41, 5.74) is 1.66. The zero-order chi connectivity index (χ0) is 15.3. The maximum Gasteiger partial charge on any atom is 0.154 e. The van der Waals surface area contributed by atoms with Crippen molar-refractivity contribution in [1.29, 1.82) is 0 Å². The highest BCUT2D eigenvalue weighted by Gasteiger charge is 2.11. The maximum absolute atomic E-state index is 11.5. The molecule has 0 unspecified atom stereocenters. The van der Waals surface area contributed by atoms with Gasteiger partial charge in [0.1, 0.15) is 17.4 Å². The Balaban J connectivity index is 2.41. The van der Waals surface area contributed by atoms with Gasteiger partial charge in [-0.15, -0.1) is 0 Å². The van der Waals surface area contributed by atoms with Gasteiger partial charge >= 0.3 is 0 Å². The van der Waals surface area contributed by atoms with Crippen molar-refractivity contribution < 1.29 is 8.42 Å². The van der Waals surface area contributed by atoms with Crippen LogP contribution in [-0.4, -0.2) is 31.2 Å². The van der Waals surface area contributed by atoms with Crippen LogP contribution in [0.1, 0.15) is 19.2 Å².